The summed E-state index contributed by atoms with van der Waals surface area (Å²) in [5, 5.41) is 0. The third-order valence-electron chi connectivity index (χ3n) is 3.97. The molecule has 0 atom stereocenters. The predicted molar refractivity (Wildman–Crippen MR) is 103 cm³/mol. The lowest BCUT2D eigenvalue weighted by molar-refractivity contribution is 0.0488. The summed E-state index contributed by atoms with van der Waals surface area (Å²) in [6, 6.07) is 12.3. The Morgan fingerprint density at radius 2 is 1.11 bits per heavy atom. The maximum atomic E-state index is 12.2. The third kappa shape index (κ3) is 5.87. The highest BCUT2D eigenvalue weighted by atomic mass is 16.5. The molecule has 0 aliphatic heterocycles. The maximum absolute atomic E-state index is 12.2. The Balaban J connectivity index is 1.84. The van der Waals surface area contributed by atoms with Gasteiger partial charge in [-0.3, -0.25) is 9.59 Å². The van der Waals surface area contributed by atoms with Crippen LogP contribution in [0.4, 0.5) is 0 Å². The fraction of sp³-hybridized carbons (Fsp3) is 0.273. The van der Waals surface area contributed by atoms with Crippen LogP contribution in [-0.2, 0) is 9.47 Å². The van der Waals surface area contributed by atoms with E-state index in [4.69, 9.17) is 9.47 Å². The number of rotatable bonds is 9. The first-order chi connectivity index (χ1) is 13.4. The van der Waals surface area contributed by atoms with E-state index in [-0.39, 0.29) is 24.6 Å². The van der Waals surface area contributed by atoms with Crippen LogP contribution in [0.25, 0.3) is 0 Å². The van der Waals surface area contributed by atoms with Crippen molar-refractivity contribution in [2.75, 3.05) is 13.2 Å². The number of esters is 2. The first-order valence-electron chi connectivity index (χ1n) is 9.01. The average molecular weight is 382 g/mol. The van der Waals surface area contributed by atoms with Crippen LogP contribution in [0.3, 0.4) is 0 Å². The molecule has 0 aliphatic carbocycles. The topological polar surface area (TPSA) is 86.7 Å². The van der Waals surface area contributed by atoms with Gasteiger partial charge in [0.2, 0.25) is 0 Å². The van der Waals surface area contributed by atoms with E-state index < -0.39 is 11.9 Å². The Morgan fingerprint density at radius 3 is 1.57 bits per heavy atom. The fourth-order valence-corrected chi connectivity index (χ4v) is 2.38. The molecular weight excluding hydrogens is 360 g/mol. The van der Waals surface area contributed by atoms with Crippen molar-refractivity contribution < 1.29 is 28.7 Å². The van der Waals surface area contributed by atoms with Crippen LogP contribution in [0, 0.1) is 0 Å². The standard InChI is InChI=1S/C22H22O6/c1-3-13-27-21(25)19-10-6-17(7-11-19)20(24)12-14-28-22(26)18-8-4-16(5-9-18)15(2)23/h4-11H,3,12-14H2,1-2H3. The highest BCUT2D eigenvalue weighted by molar-refractivity contribution is 5.98. The van der Waals surface area contributed by atoms with E-state index in [1.54, 1.807) is 24.3 Å². The van der Waals surface area contributed by atoms with Gasteiger partial charge in [0.05, 0.1) is 24.3 Å². The molecule has 6 nitrogen and oxygen atoms in total. The van der Waals surface area contributed by atoms with Gasteiger partial charge >= 0.3 is 11.9 Å². The van der Waals surface area contributed by atoms with Gasteiger partial charge in [-0.25, -0.2) is 9.59 Å². The molecule has 2 aromatic rings. The van der Waals surface area contributed by atoms with Crippen LogP contribution in [0.15, 0.2) is 48.5 Å². The lowest BCUT2D eigenvalue weighted by Gasteiger charge is -2.06. The Labute approximate surface area is 163 Å². The minimum atomic E-state index is -0.558. The second kappa shape index (κ2) is 10.2. The Bertz CT molecular complexity index is 850. The monoisotopic (exact) mass is 382 g/mol. The number of carbonyl (C=O) groups excluding carboxylic acids is 4. The molecule has 0 saturated carbocycles. The highest BCUT2D eigenvalue weighted by Crippen LogP contribution is 2.10. The van der Waals surface area contributed by atoms with Crippen molar-refractivity contribution in [1.82, 2.24) is 0 Å². The molecule has 0 radical (unpaired) electrons. The summed E-state index contributed by atoms with van der Waals surface area (Å²) in [6.07, 6.45) is 0.763. The second-order valence-corrected chi connectivity index (χ2v) is 6.16. The number of benzene rings is 2. The molecule has 0 bridgehead atoms. The van der Waals surface area contributed by atoms with E-state index in [9.17, 15) is 19.2 Å². The lowest BCUT2D eigenvalue weighted by atomic mass is 10.1. The second-order valence-electron chi connectivity index (χ2n) is 6.16. The number of ketones is 2. The van der Waals surface area contributed by atoms with Crippen molar-refractivity contribution in [3.8, 4) is 0 Å². The molecule has 0 fully saturated rings. The summed E-state index contributed by atoms with van der Waals surface area (Å²) in [6.45, 7) is 3.64. The first kappa shape index (κ1) is 21.0. The van der Waals surface area contributed by atoms with E-state index in [1.807, 2.05) is 6.92 Å². The van der Waals surface area contributed by atoms with Gasteiger partial charge in [0, 0.05) is 17.5 Å². The molecule has 28 heavy (non-hydrogen) atoms. The Morgan fingerprint density at radius 1 is 0.679 bits per heavy atom. The molecule has 146 valence electrons. The van der Waals surface area contributed by atoms with E-state index in [0.717, 1.165) is 6.42 Å². The summed E-state index contributed by atoms with van der Waals surface area (Å²) in [4.78, 5) is 47.1. The van der Waals surface area contributed by atoms with E-state index in [2.05, 4.69) is 0 Å². The highest BCUT2D eigenvalue weighted by Gasteiger charge is 2.12. The largest absolute Gasteiger partial charge is 0.462 e. The van der Waals surface area contributed by atoms with Gasteiger partial charge in [0.25, 0.3) is 0 Å². The van der Waals surface area contributed by atoms with Crippen molar-refractivity contribution >= 4 is 23.5 Å². The first-order valence-corrected chi connectivity index (χ1v) is 9.01. The van der Waals surface area contributed by atoms with Gasteiger partial charge in [-0.2, -0.15) is 0 Å². The Hall–Kier alpha value is -3.28. The zero-order chi connectivity index (χ0) is 20.5. The van der Waals surface area contributed by atoms with Crippen molar-refractivity contribution in [3.05, 3.63) is 70.8 Å². The van der Waals surface area contributed by atoms with Crippen LogP contribution in [-0.4, -0.2) is 36.7 Å². The molecule has 0 heterocycles. The van der Waals surface area contributed by atoms with Crippen molar-refractivity contribution in [3.63, 3.8) is 0 Å². The van der Waals surface area contributed by atoms with E-state index >= 15 is 0 Å². The molecule has 2 aromatic carbocycles. The maximum Gasteiger partial charge on any atom is 0.338 e. The zero-order valence-electron chi connectivity index (χ0n) is 15.9. The molecule has 0 aromatic heterocycles. The number of carbonyl (C=O) groups is 4. The predicted octanol–water partition coefficient (Wildman–Crippen LogP) is 3.89. The van der Waals surface area contributed by atoms with Gasteiger partial charge in [0.1, 0.15) is 0 Å². The van der Waals surface area contributed by atoms with Gasteiger partial charge in [-0.05, 0) is 37.6 Å². The fourth-order valence-electron chi connectivity index (χ4n) is 2.38. The SMILES string of the molecule is CCCOC(=O)c1ccc(C(=O)CCOC(=O)c2ccc(C(C)=O)cc2)cc1. The van der Waals surface area contributed by atoms with Gasteiger partial charge in [0.15, 0.2) is 11.6 Å². The number of hydrogen-bond donors (Lipinski definition) is 0. The average Bonchev–Trinajstić information content (AvgIpc) is 2.71. The van der Waals surface area contributed by atoms with E-state index in [0.29, 0.717) is 28.9 Å². The Kier molecular flexibility index (Phi) is 7.63. The zero-order valence-corrected chi connectivity index (χ0v) is 15.9. The summed E-state index contributed by atoms with van der Waals surface area (Å²) in [5.41, 5.74) is 1.63. The molecule has 0 spiro atoms. The van der Waals surface area contributed by atoms with Crippen LogP contribution < -0.4 is 0 Å². The minimum Gasteiger partial charge on any atom is -0.462 e. The molecule has 0 saturated heterocycles. The van der Waals surface area contributed by atoms with E-state index in [1.165, 1.54) is 31.2 Å². The summed E-state index contributed by atoms with van der Waals surface area (Å²) in [7, 11) is 0. The number of hydrogen-bond acceptors (Lipinski definition) is 6. The smallest absolute Gasteiger partial charge is 0.338 e. The molecular formula is C22H22O6. The van der Waals surface area contributed by atoms with Gasteiger partial charge in [-0.1, -0.05) is 31.2 Å². The minimum absolute atomic E-state index is 0.0247. The third-order valence-corrected chi connectivity index (χ3v) is 3.97. The van der Waals surface area contributed by atoms with Crippen LogP contribution in [0.5, 0.6) is 0 Å². The molecule has 0 aliphatic rings. The van der Waals surface area contributed by atoms with Gasteiger partial charge in [-0.15, -0.1) is 0 Å². The quantitative estimate of drug-likeness (QED) is 0.483. The number of ether oxygens (including phenoxy) is 2. The van der Waals surface area contributed by atoms with Crippen LogP contribution in [0.1, 0.15) is 68.1 Å². The summed E-state index contributed by atoms with van der Waals surface area (Å²) < 4.78 is 10.1. The number of Topliss-reactive ketones (excluding diaryl/α,β-unsaturated/α-hetero) is 2. The molecule has 0 N–H and O–H groups in total. The molecule has 6 heteroatoms. The molecule has 0 amide bonds. The summed E-state index contributed by atoms with van der Waals surface area (Å²) >= 11 is 0. The van der Waals surface area contributed by atoms with Gasteiger partial charge < -0.3 is 9.47 Å². The summed E-state index contributed by atoms with van der Waals surface area (Å²) in [5.74, 6) is -1.27. The molecule has 0 unspecified atom stereocenters. The lowest BCUT2D eigenvalue weighted by Crippen LogP contribution is -2.11. The van der Waals surface area contributed by atoms with Crippen molar-refractivity contribution in [2.24, 2.45) is 0 Å². The van der Waals surface area contributed by atoms with Crippen molar-refractivity contribution in [1.29, 1.82) is 0 Å². The van der Waals surface area contributed by atoms with Crippen LogP contribution >= 0.6 is 0 Å². The molecule has 2 rings (SSSR count). The van der Waals surface area contributed by atoms with Crippen molar-refractivity contribution in [2.45, 2.75) is 26.7 Å². The van der Waals surface area contributed by atoms with Crippen LogP contribution in [0.2, 0.25) is 0 Å². The normalized spacial score (nSPS) is 10.2.